The number of nitrogens with one attached hydrogen (secondary N) is 1. The van der Waals surface area contributed by atoms with Crippen LogP contribution in [0.3, 0.4) is 0 Å². The molecule has 1 heterocycles. The van der Waals surface area contributed by atoms with Gasteiger partial charge in [-0.2, -0.15) is 4.37 Å². The molecule has 3 N–H and O–H groups in total. The van der Waals surface area contributed by atoms with Gasteiger partial charge in [-0.05, 0) is 17.7 Å². The highest BCUT2D eigenvalue weighted by atomic mass is 35.5. The molecule has 2 rings (SSSR count). The third-order valence-corrected chi connectivity index (χ3v) is 3.97. The number of benzene rings is 1. The maximum atomic E-state index is 10.3. The summed E-state index contributed by atoms with van der Waals surface area (Å²) in [5.41, 5.74) is 0.680. The van der Waals surface area contributed by atoms with Crippen LogP contribution in [0.15, 0.2) is 24.3 Å². The van der Waals surface area contributed by atoms with Crippen molar-refractivity contribution < 1.29 is 10.2 Å². The van der Waals surface area contributed by atoms with E-state index >= 15 is 0 Å². The van der Waals surface area contributed by atoms with Crippen molar-refractivity contribution in [3.8, 4) is 0 Å². The molecule has 0 aliphatic carbocycles. The highest BCUT2D eigenvalue weighted by molar-refractivity contribution is 7.09. The van der Waals surface area contributed by atoms with E-state index in [2.05, 4.69) is 14.7 Å². The van der Waals surface area contributed by atoms with Crippen LogP contribution in [0.1, 0.15) is 37.3 Å². The van der Waals surface area contributed by atoms with Gasteiger partial charge in [0.2, 0.25) is 5.13 Å². The standard InChI is InChI=1S/C14H18ClN3O2S/c1-8(2)13-17-14(21-18-13)16-11(7-19)12(20)9-3-5-10(15)6-4-9/h3-6,8,11-12,19-20H,7H2,1-2H3,(H,16,17,18)/t11-,12-/m1/s1. The topological polar surface area (TPSA) is 78.3 Å². The first kappa shape index (κ1) is 16.2. The number of halogens is 1. The van der Waals surface area contributed by atoms with Crippen molar-refractivity contribution in [2.45, 2.75) is 31.9 Å². The minimum atomic E-state index is -0.862. The molecule has 0 bridgehead atoms. The molecule has 0 radical (unpaired) electrons. The molecule has 1 aromatic heterocycles. The third-order valence-electron chi connectivity index (χ3n) is 3.06. The summed E-state index contributed by atoms with van der Waals surface area (Å²) in [6.07, 6.45) is -0.862. The molecule has 5 nitrogen and oxygen atoms in total. The van der Waals surface area contributed by atoms with Crippen LogP contribution in [-0.2, 0) is 0 Å². The van der Waals surface area contributed by atoms with Gasteiger partial charge >= 0.3 is 0 Å². The van der Waals surface area contributed by atoms with E-state index in [-0.39, 0.29) is 12.5 Å². The SMILES string of the molecule is CC(C)c1nsc(N[C@H](CO)[C@H](O)c2ccc(Cl)cc2)n1. The zero-order chi connectivity index (χ0) is 15.4. The summed E-state index contributed by atoms with van der Waals surface area (Å²) in [4.78, 5) is 4.34. The molecular formula is C14H18ClN3O2S. The first-order valence-corrected chi connectivity index (χ1v) is 7.81. The van der Waals surface area contributed by atoms with E-state index in [0.29, 0.717) is 15.7 Å². The van der Waals surface area contributed by atoms with Crippen molar-refractivity contribution in [1.82, 2.24) is 9.36 Å². The fourth-order valence-corrected chi connectivity index (χ4v) is 2.70. The van der Waals surface area contributed by atoms with Crippen molar-refractivity contribution in [1.29, 1.82) is 0 Å². The maximum Gasteiger partial charge on any atom is 0.202 e. The average Bonchev–Trinajstić information content (AvgIpc) is 2.93. The largest absolute Gasteiger partial charge is 0.394 e. The molecule has 0 saturated carbocycles. The van der Waals surface area contributed by atoms with E-state index < -0.39 is 12.1 Å². The first-order chi connectivity index (χ1) is 10.0. The van der Waals surface area contributed by atoms with Crippen molar-refractivity contribution in [2.75, 3.05) is 11.9 Å². The predicted octanol–water partition coefficient (Wildman–Crippen LogP) is 2.82. The van der Waals surface area contributed by atoms with Crippen LogP contribution >= 0.6 is 23.1 Å². The van der Waals surface area contributed by atoms with E-state index in [1.165, 1.54) is 11.5 Å². The fourth-order valence-electron chi connectivity index (χ4n) is 1.80. The van der Waals surface area contributed by atoms with Crippen LogP contribution < -0.4 is 5.32 Å². The lowest BCUT2D eigenvalue weighted by Crippen LogP contribution is -2.31. The molecule has 0 aliphatic rings. The van der Waals surface area contributed by atoms with Crippen LogP contribution in [0, 0.1) is 0 Å². The number of nitrogens with zero attached hydrogens (tertiary/aromatic N) is 2. The molecule has 2 atom stereocenters. The van der Waals surface area contributed by atoms with E-state index in [1.54, 1.807) is 24.3 Å². The van der Waals surface area contributed by atoms with Crippen molar-refractivity contribution in [2.24, 2.45) is 0 Å². The molecule has 114 valence electrons. The van der Waals surface area contributed by atoms with E-state index in [4.69, 9.17) is 11.6 Å². The van der Waals surface area contributed by atoms with Gasteiger partial charge in [-0.15, -0.1) is 0 Å². The van der Waals surface area contributed by atoms with Crippen molar-refractivity contribution >= 4 is 28.3 Å². The number of hydrogen-bond donors (Lipinski definition) is 3. The number of aliphatic hydroxyl groups excluding tert-OH is 2. The first-order valence-electron chi connectivity index (χ1n) is 6.65. The Hall–Kier alpha value is -1.21. The van der Waals surface area contributed by atoms with Crippen LogP contribution in [0.5, 0.6) is 0 Å². The second-order valence-electron chi connectivity index (χ2n) is 5.04. The zero-order valence-electron chi connectivity index (χ0n) is 11.8. The third kappa shape index (κ3) is 4.14. The lowest BCUT2D eigenvalue weighted by molar-refractivity contribution is 0.118. The van der Waals surface area contributed by atoms with Crippen LogP contribution in [0.25, 0.3) is 0 Å². The summed E-state index contributed by atoms with van der Waals surface area (Å²) in [5, 5.41) is 24.1. The normalized spacial score (nSPS) is 14.2. The summed E-state index contributed by atoms with van der Waals surface area (Å²) in [6, 6.07) is 6.32. The minimum Gasteiger partial charge on any atom is -0.394 e. The highest BCUT2D eigenvalue weighted by Gasteiger charge is 2.21. The average molecular weight is 328 g/mol. The summed E-state index contributed by atoms with van der Waals surface area (Å²) in [7, 11) is 0. The fraction of sp³-hybridized carbons (Fsp3) is 0.429. The molecular weight excluding hydrogens is 310 g/mol. The summed E-state index contributed by atoms with van der Waals surface area (Å²) < 4.78 is 4.23. The Kier molecular flexibility index (Phi) is 5.52. The van der Waals surface area contributed by atoms with Crippen LogP contribution in [0.2, 0.25) is 5.02 Å². The van der Waals surface area contributed by atoms with Gasteiger partial charge in [-0.25, -0.2) is 4.98 Å². The molecule has 1 aromatic carbocycles. The number of rotatable bonds is 6. The van der Waals surface area contributed by atoms with Crippen molar-refractivity contribution in [3.05, 3.63) is 40.7 Å². The van der Waals surface area contributed by atoms with Gasteiger partial charge in [0.15, 0.2) is 0 Å². The van der Waals surface area contributed by atoms with Crippen LogP contribution in [0.4, 0.5) is 5.13 Å². The van der Waals surface area contributed by atoms with Gasteiger partial charge in [0, 0.05) is 22.5 Å². The molecule has 0 fully saturated rings. The Labute approximate surface area is 132 Å². The van der Waals surface area contributed by atoms with Gasteiger partial charge in [-0.3, -0.25) is 0 Å². The molecule has 0 unspecified atom stereocenters. The maximum absolute atomic E-state index is 10.3. The molecule has 0 aliphatic heterocycles. The lowest BCUT2D eigenvalue weighted by Gasteiger charge is -2.22. The quantitative estimate of drug-likeness (QED) is 0.760. The van der Waals surface area contributed by atoms with Gasteiger partial charge in [0.25, 0.3) is 0 Å². The molecule has 0 saturated heterocycles. The number of anilines is 1. The van der Waals surface area contributed by atoms with E-state index in [9.17, 15) is 10.2 Å². The Bertz CT molecular complexity index is 574. The predicted molar refractivity (Wildman–Crippen MR) is 84.9 cm³/mol. The number of hydrogen-bond acceptors (Lipinski definition) is 6. The summed E-state index contributed by atoms with van der Waals surface area (Å²) in [5.74, 6) is 0.991. The molecule has 21 heavy (non-hydrogen) atoms. The Morgan fingerprint density at radius 2 is 1.95 bits per heavy atom. The Balaban J connectivity index is 2.09. The zero-order valence-corrected chi connectivity index (χ0v) is 13.4. The highest BCUT2D eigenvalue weighted by Crippen LogP contribution is 2.24. The molecule has 7 heteroatoms. The number of aliphatic hydroxyl groups is 2. The van der Waals surface area contributed by atoms with Crippen molar-refractivity contribution in [3.63, 3.8) is 0 Å². The van der Waals surface area contributed by atoms with E-state index in [1.807, 2.05) is 13.8 Å². The van der Waals surface area contributed by atoms with Gasteiger partial charge in [0.05, 0.1) is 12.6 Å². The summed E-state index contributed by atoms with van der Waals surface area (Å²) >= 11 is 7.05. The molecule has 0 spiro atoms. The second kappa shape index (κ2) is 7.17. The smallest absolute Gasteiger partial charge is 0.202 e. The minimum absolute atomic E-state index is 0.222. The monoisotopic (exact) mass is 327 g/mol. The Morgan fingerprint density at radius 1 is 1.29 bits per heavy atom. The molecule has 0 amide bonds. The molecule has 2 aromatic rings. The lowest BCUT2D eigenvalue weighted by atomic mass is 10.0. The summed E-state index contributed by atoms with van der Waals surface area (Å²) in [6.45, 7) is 3.80. The van der Waals surface area contributed by atoms with E-state index in [0.717, 1.165) is 5.82 Å². The number of aromatic nitrogens is 2. The van der Waals surface area contributed by atoms with Gasteiger partial charge in [0.1, 0.15) is 11.9 Å². The van der Waals surface area contributed by atoms with Gasteiger partial charge in [-0.1, -0.05) is 37.6 Å². The van der Waals surface area contributed by atoms with Gasteiger partial charge < -0.3 is 15.5 Å². The van der Waals surface area contributed by atoms with Crippen LogP contribution in [-0.4, -0.2) is 32.2 Å². The Morgan fingerprint density at radius 3 is 2.48 bits per heavy atom. The second-order valence-corrected chi connectivity index (χ2v) is 6.23.